The van der Waals surface area contributed by atoms with Crippen LogP contribution in [0.1, 0.15) is 37.5 Å². The summed E-state index contributed by atoms with van der Waals surface area (Å²) in [4.78, 5) is 21.0. The van der Waals surface area contributed by atoms with Crippen LogP contribution in [-0.2, 0) is 18.3 Å². The maximum atomic E-state index is 11.9. The van der Waals surface area contributed by atoms with Gasteiger partial charge in [-0.1, -0.05) is 12.1 Å². The highest BCUT2D eigenvalue weighted by Crippen LogP contribution is 2.25. The largest absolute Gasteiger partial charge is 0.444 e. The number of carbonyl (C=O) groups excluding carboxylic acids is 1. The Bertz CT molecular complexity index is 1050. The van der Waals surface area contributed by atoms with E-state index in [9.17, 15) is 4.79 Å². The molecular formula is C22H28N6O2. The third-order valence-corrected chi connectivity index (χ3v) is 4.37. The monoisotopic (exact) mass is 408 g/mol. The normalized spacial score (nSPS) is 11.3. The number of ether oxygens (including phenoxy) is 1. The van der Waals surface area contributed by atoms with E-state index in [0.717, 1.165) is 33.6 Å². The second kappa shape index (κ2) is 8.52. The zero-order chi connectivity index (χ0) is 21.9. The average molecular weight is 409 g/mol. The van der Waals surface area contributed by atoms with Crippen molar-refractivity contribution in [2.45, 2.75) is 46.8 Å². The Balaban J connectivity index is 1.75. The summed E-state index contributed by atoms with van der Waals surface area (Å²) in [6.45, 7) is 9.92. The van der Waals surface area contributed by atoms with Gasteiger partial charge in [0.05, 0.1) is 17.6 Å². The smallest absolute Gasteiger partial charge is 0.407 e. The first-order chi connectivity index (χ1) is 14.1. The number of hydrogen-bond acceptors (Lipinski definition) is 6. The fourth-order valence-corrected chi connectivity index (χ4v) is 2.93. The van der Waals surface area contributed by atoms with Crippen molar-refractivity contribution in [1.29, 1.82) is 0 Å². The summed E-state index contributed by atoms with van der Waals surface area (Å²) in [5.41, 5.74) is 5.20. The fourth-order valence-electron chi connectivity index (χ4n) is 2.93. The van der Waals surface area contributed by atoms with Gasteiger partial charge in [-0.3, -0.25) is 4.68 Å². The number of aromatic nitrogens is 4. The molecule has 8 nitrogen and oxygen atoms in total. The van der Waals surface area contributed by atoms with Crippen molar-refractivity contribution in [2.24, 2.45) is 7.05 Å². The van der Waals surface area contributed by atoms with Gasteiger partial charge in [0.15, 0.2) is 0 Å². The SMILES string of the molecule is Cc1cc(-c2nc(Nc3cnn(C)c3)ncc2C)ccc1CNC(=O)OC(C)(C)C. The number of amides is 1. The number of nitrogens with one attached hydrogen (secondary N) is 2. The van der Waals surface area contributed by atoms with Gasteiger partial charge in [-0.25, -0.2) is 14.8 Å². The highest BCUT2D eigenvalue weighted by atomic mass is 16.6. The summed E-state index contributed by atoms with van der Waals surface area (Å²) in [6, 6.07) is 6.06. The maximum absolute atomic E-state index is 11.9. The minimum absolute atomic E-state index is 0.400. The van der Waals surface area contributed by atoms with Crippen molar-refractivity contribution >= 4 is 17.7 Å². The van der Waals surface area contributed by atoms with Crippen LogP contribution in [0.25, 0.3) is 11.3 Å². The Morgan fingerprint density at radius 2 is 1.93 bits per heavy atom. The van der Waals surface area contributed by atoms with Gasteiger partial charge in [-0.15, -0.1) is 0 Å². The number of benzene rings is 1. The first kappa shape index (κ1) is 21.3. The minimum Gasteiger partial charge on any atom is -0.444 e. The second-order valence-corrected chi connectivity index (χ2v) is 8.25. The Morgan fingerprint density at radius 3 is 2.57 bits per heavy atom. The molecule has 2 heterocycles. The molecule has 0 atom stereocenters. The van der Waals surface area contributed by atoms with Crippen molar-refractivity contribution in [3.63, 3.8) is 0 Å². The molecule has 2 N–H and O–H groups in total. The van der Waals surface area contributed by atoms with Crippen LogP contribution in [0.3, 0.4) is 0 Å². The molecule has 1 amide bonds. The highest BCUT2D eigenvalue weighted by molar-refractivity contribution is 5.68. The summed E-state index contributed by atoms with van der Waals surface area (Å²) in [5.74, 6) is 0.511. The molecule has 0 aliphatic rings. The Morgan fingerprint density at radius 1 is 1.17 bits per heavy atom. The molecule has 0 fully saturated rings. The minimum atomic E-state index is -0.519. The quantitative estimate of drug-likeness (QED) is 0.655. The molecule has 8 heteroatoms. The number of hydrogen-bond donors (Lipinski definition) is 2. The molecule has 2 aromatic heterocycles. The zero-order valence-electron chi connectivity index (χ0n) is 18.3. The van der Waals surface area contributed by atoms with Crippen LogP contribution in [-0.4, -0.2) is 31.4 Å². The van der Waals surface area contributed by atoms with E-state index in [-0.39, 0.29) is 0 Å². The molecule has 158 valence electrons. The van der Waals surface area contributed by atoms with E-state index in [1.807, 2.05) is 60.0 Å². The van der Waals surface area contributed by atoms with E-state index < -0.39 is 11.7 Å². The summed E-state index contributed by atoms with van der Waals surface area (Å²) in [5, 5.41) is 10.1. The van der Waals surface area contributed by atoms with Gasteiger partial charge in [-0.2, -0.15) is 5.10 Å². The molecular weight excluding hydrogens is 380 g/mol. The first-order valence-corrected chi connectivity index (χ1v) is 9.77. The molecule has 0 saturated carbocycles. The molecule has 0 spiro atoms. The van der Waals surface area contributed by atoms with Crippen LogP contribution in [0, 0.1) is 13.8 Å². The number of nitrogens with zero attached hydrogens (tertiary/aromatic N) is 4. The predicted molar refractivity (Wildman–Crippen MR) is 117 cm³/mol. The summed E-state index contributed by atoms with van der Waals surface area (Å²) < 4.78 is 7.00. The lowest BCUT2D eigenvalue weighted by Crippen LogP contribution is -2.32. The van der Waals surface area contributed by atoms with E-state index in [4.69, 9.17) is 4.74 Å². The van der Waals surface area contributed by atoms with Crippen molar-refractivity contribution in [2.75, 3.05) is 5.32 Å². The van der Waals surface area contributed by atoms with E-state index in [1.54, 1.807) is 17.1 Å². The fraction of sp³-hybridized carbons (Fsp3) is 0.364. The molecule has 3 rings (SSSR count). The third kappa shape index (κ3) is 5.56. The summed E-state index contributed by atoms with van der Waals surface area (Å²) in [7, 11) is 1.86. The van der Waals surface area contributed by atoms with Crippen LogP contribution in [0.2, 0.25) is 0 Å². The molecule has 0 unspecified atom stereocenters. The van der Waals surface area contributed by atoms with Crippen molar-refractivity contribution in [1.82, 2.24) is 25.1 Å². The van der Waals surface area contributed by atoms with Crippen LogP contribution >= 0.6 is 0 Å². The number of rotatable bonds is 5. The molecule has 1 aromatic carbocycles. The van der Waals surface area contributed by atoms with Gasteiger partial charge >= 0.3 is 6.09 Å². The average Bonchev–Trinajstić information content (AvgIpc) is 3.05. The standard InChI is InChI=1S/C22H28N6O2/c1-14-9-16(7-8-17(14)11-24-21(29)30-22(3,4)5)19-15(2)10-23-20(27-19)26-18-12-25-28(6)13-18/h7-10,12-13H,11H2,1-6H3,(H,24,29)(H,23,26,27). The number of carbonyl (C=O) groups is 1. The van der Waals surface area contributed by atoms with Gasteiger partial charge in [0.25, 0.3) is 0 Å². The Hall–Kier alpha value is -3.42. The lowest BCUT2D eigenvalue weighted by molar-refractivity contribution is 0.0523. The molecule has 0 bridgehead atoms. The van der Waals surface area contributed by atoms with E-state index in [1.165, 1.54) is 0 Å². The van der Waals surface area contributed by atoms with E-state index in [0.29, 0.717) is 12.5 Å². The highest BCUT2D eigenvalue weighted by Gasteiger charge is 2.16. The van der Waals surface area contributed by atoms with Crippen LogP contribution < -0.4 is 10.6 Å². The molecule has 0 aliphatic carbocycles. The third-order valence-electron chi connectivity index (χ3n) is 4.37. The molecule has 30 heavy (non-hydrogen) atoms. The molecule has 0 aliphatic heterocycles. The second-order valence-electron chi connectivity index (χ2n) is 8.25. The van der Waals surface area contributed by atoms with Crippen LogP contribution in [0.15, 0.2) is 36.8 Å². The van der Waals surface area contributed by atoms with Gasteiger partial charge in [0.1, 0.15) is 5.60 Å². The Kier molecular flexibility index (Phi) is 6.05. The van der Waals surface area contributed by atoms with Crippen LogP contribution in [0.5, 0.6) is 0 Å². The van der Waals surface area contributed by atoms with Crippen molar-refractivity contribution in [3.8, 4) is 11.3 Å². The molecule has 0 radical (unpaired) electrons. The number of alkyl carbamates (subject to hydrolysis) is 1. The van der Waals surface area contributed by atoms with Gasteiger partial charge in [-0.05, 0) is 57.4 Å². The first-order valence-electron chi connectivity index (χ1n) is 9.77. The van der Waals surface area contributed by atoms with Gasteiger partial charge in [0.2, 0.25) is 5.95 Å². The Labute approximate surface area is 176 Å². The summed E-state index contributed by atoms with van der Waals surface area (Å²) >= 11 is 0. The van der Waals surface area contributed by atoms with E-state index in [2.05, 4.69) is 31.8 Å². The topological polar surface area (TPSA) is 94.0 Å². The summed E-state index contributed by atoms with van der Waals surface area (Å²) in [6.07, 6.45) is 4.96. The number of anilines is 2. The van der Waals surface area contributed by atoms with Gasteiger partial charge in [0, 0.05) is 31.5 Å². The van der Waals surface area contributed by atoms with E-state index >= 15 is 0 Å². The molecule has 0 saturated heterocycles. The lowest BCUT2D eigenvalue weighted by Gasteiger charge is -2.20. The lowest BCUT2D eigenvalue weighted by atomic mass is 10.0. The number of aryl methyl sites for hydroxylation is 3. The van der Waals surface area contributed by atoms with Crippen LogP contribution in [0.4, 0.5) is 16.4 Å². The van der Waals surface area contributed by atoms with Crippen molar-refractivity contribution < 1.29 is 9.53 Å². The predicted octanol–water partition coefficient (Wildman–Crippen LogP) is 4.26. The van der Waals surface area contributed by atoms with Gasteiger partial charge < -0.3 is 15.4 Å². The maximum Gasteiger partial charge on any atom is 0.407 e. The molecule has 3 aromatic rings. The zero-order valence-corrected chi connectivity index (χ0v) is 18.3. The van der Waals surface area contributed by atoms with Crippen molar-refractivity contribution in [3.05, 3.63) is 53.5 Å².